The fraction of sp³-hybridized carbons (Fsp3) is 0.917. The maximum atomic E-state index is 11.7. The van der Waals surface area contributed by atoms with Crippen LogP contribution in [0.5, 0.6) is 0 Å². The highest BCUT2D eigenvalue weighted by atomic mass is 16.6. The van der Waals surface area contributed by atoms with Crippen LogP contribution in [0.1, 0.15) is 33.6 Å². The summed E-state index contributed by atoms with van der Waals surface area (Å²) in [6.07, 6.45) is 0.751. The van der Waals surface area contributed by atoms with Crippen molar-refractivity contribution < 1.29 is 14.6 Å². The Morgan fingerprint density at radius 1 is 1.38 bits per heavy atom. The zero-order valence-corrected chi connectivity index (χ0v) is 10.7. The molecule has 0 aromatic carbocycles. The third-order valence-corrected chi connectivity index (χ3v) is 2.86. The number of likely N-dealkylation sites (tertiary alicyclic amines) is 1. The first kappa shape index (κ1) is 13.5. The fourth-order valence-corrected chi connectivity index (χ4v) is 1.90. The van der Waals surface area contributed by atoms with E-state index in [0.29, 0.717) is 0 Å². The van der Waals surface area contributed by atoms with Gasteiger partial charge in [-0.05, 0) is 59.7 Å². The summed E-state index contributed by atoms with van der Waals surface area (Å²) in [5, 5.41) is 9.90. The summed E-state index contributed by atoms with van der Waals surface area (Å²) in [4.78, 5) is 13.9. The van der Waals surface area contributed by atoms with Crippen molar-refractivity contribution in [2.75, 3.05) is 20.1 Å². The average molecular weight is 229 g/mol. The number of ether oxygens (including phenoxy) is 1. The molecule has 0 spiro atoms. The van der Waals surface area contributed by atoms with Crippen LogP contribution < -0.4 is 0 Å². The number of carbonyl (C=O) groups is 1. The van der Waals surface area contributed by atoms with Gasteiger partial charge in [-0.2, -0.15) is 0 Å². The number of aliphatic hydroxyl groups excluding tert-OH is 1. The molecule has 1 saturated heterocycles. The molecule has 0 bridgehead atoms. The van der Waals surface area contributed by atoms with E-state index < -0.39 is 17.7 Å². The summed E-state index contributed by atoms with van der Waals surface area (Å²) in [6, 6.07) is 0. The molecule has 0 aromatic rings. The minimum atomic E-state index is -0.965. The Morgan fingerprint density at radius 2 is 1.88 bits per heavy atom. The maximum absolute atomic E-state index is 11.7. The van der Waals surface area contributed by atoms with E-state index >= 15 is 0 Å². The van der Waals surface area contributed by atoms with Crippen molar-refractivity contribution >= 4 is 5.97 Å². The summed E-state index contributed by atoms with van der Waals surface area (Å²) < 4.78 is 5.18. The molecule has 0 amide bonds. The van der Waals surface area contributed by atoms with E-state index in [2.05, 4.69) is 11.9 Å². The lowest BCUT2D eigenvalue weighted by atomic mass is 9.91. The second-order valence-corrected chi connectivity index (χ2v) is 5.62. The number of esters is 1. The van der Waals surface area contributed by atoms with Crippen LogP contribution in [-0.2, 0) is 9.53 Å². The van der Waals surface area contributed by atoms with E-state index in [4.69, 9.17) is 4.74 Å². The second-order valence-electron chi connectivity index (χ2n) is 5.62. The first-order valence-electron chi connectivity index (χ1n) is 5.89. The second kappa shape index (κ2) is 5.15. The van der Waals surface area contributed by atoms with Crippen LogP contribution in [0.15, 0.2) is 0 Å². The number of carbonyl (C=O) groups excluding carboxylic acids is 1. The van der Waals surface area contributed by atoms with E-state index in [9.17, 15) is 9.90 Å². The topological polar surface area (TPSA) is 49.8 Å². The van der Waals surface area contributed by atoms with Crippen molar-refractivity contribution in [1.29, 1.82) is 0 Å². The number of rotatable bonds is 2. The van der Waals surface area contributed by atoms with Gasteiger partial charge in [0.05, 0.1) is 0 Å². The minimum Gasteiger partial charge on any atom is -0.458 e. The van der Waals surface area contributed by atoms with Crippen molar-refractivity contribution in [2.24, 2.45) is 5.92 Å². The number of hydrogen-bond donors (Lipinski definition) is 1. The highest BCUT2D eigenvalue weighted by Gasteiger charge is 2.32. The zero-order chi connectivity index (χ0) is 12.3. The van der Waals surface area contributed by atoms with E-state index in [0.717, 1.165) is 25.9 Å². The number of nitrogens with zero attached hydrogens (tertiary/aromatic N) is 1. The predicted molar refractivity (Wildman–Crippen MR) is 62.1 cm³/mol. The van der Waals surface area contributed by atoms with Gasteiger partial charge in [0.2, 0.25) is 0 Å². The number of piperidine rings is 1. The zero-order valence-electron chi connectivity index (χ0n) is 10.7. The molecule has 1 aliphatic rings. The summed E-state index contributed by atoms with van der Waals surface area (Å²) >= 11 is 0. The lowest BCUT2D eigenvalue weighted by molar-refractivity contribution is -0.169. The quantitative estimate of drug-likeness (QED) is 0.719. The Hall–Kier alpha value is -0.610. The van der Waals surface area contributed by atoms with E-state index in [1.165, 1.54) is 0 Å². The molecular formula is C12H23NO3. The van der Waals surface area contributed by atoms with Gasteiger partial charge in [0, 0.05) is 0 Å². The molecule has 1 fully saturated rings. The monoisotopic (exact) mass is 229 g/mol. The Kier molecular flexibility index (Phi) is 4.33. The molecule has 4 nitrogen and oxygen atoms in total. The molecule has 1 N–H and O–H groups in total. The Morgan fingerprint density at radius 3 is 2.31 bits per heavy atom. The first-order chi connectivity index (χ1) is 7.29. The third-order valence-electron chi connectivity index (χ3n) is 2.86. The molecular weight excluding hydrogens is 206 g/mol. The molecule has 16 heavy (non-hydrogen) atoms. The van der Waals surface area contributed by atoms with Crippen molar-refractivity contribution in [2.45, 2.75) is 45.3 Å². The first-order valence-corrected chi connectivity index (χ1v) is 5.89. The van der Waals surface area contributed by atoms with Gasteiger partial charge in [0.15, 0.2) is 6.10 Å². The van der Waals surface area contributed by atoms with Gasteiger partial charge in [0.1, 0.15) is 5.60 Å². The summed E-state index contributed by atoms with van der Waals surface area (Å²) in [6.45, 7) is 7.31. The Labute approximate surface area is 97.6 Å². The molecule has 0 radical (unpaired) electrons. The molecule has 4 heteroatoms. The van der Waals surface area contributed by atoms with Gasteiger partial charge in [-0.1, -0.05) is 0 Å². The minimum absolute atomic E-state index is 0.0473. The van der Waals surface area contributed by atoms with Crippen LogP contribution in [0.2, 0.25) is 0 Å². The molecule has 1 rings (SSSR count). The van der Waals surface area contributed by atoms with Gasteiger partial charge in [-0.25, -0.2) is 4.79 Å². The highest BCUT2D eigenvalue weighted by molar-refractivity contribution is 5.75. The van der Waals surface area contributed by atoms with Crippen LogP contribution in [0.4, 0.5) is 0 Å². The number of hydrogen-bond acceptors (Lipinski definition) is 4. The van der Waals surface area contributed by atoms with Crippen LogP contribution in [0.3, 0.4) is 0 Å². The third kappa shape index (κ3) is 4.10. The Bertz CT molecular complexity index is 239. The standard InChI is InChI=1S/C12H23NO3/c1-12(2,3)16-11(15)10(14)9-5-7-13(4)8-6-9/h9-10,14H,5-8H2,1-4H3/t10-/m1/s1. The predicted octanol–water partition coefficient (Wildman–Crippen LogP) is 1.03. The average Bonchev–Trinajstić information content (AvgIpc) is 2.15. The Balaban J connectivity index is 2.45. The van der Waals surface area contributed by atoms with Gasteiger partial charge in [0.25, 0.3) is 0 Å². The van der Waals surface area contributed by atoms with Crippen LogP contribution in [0.25, 0.3) is 0 Å². The summed E-state index contributed by atoms with van der Waals surface area (Å²) in [5.74, 6) is -0.437. The van der Waals surface area contributed by atoms with Crippen LogP contribution in [0, 0.1) is 5.92 Å². The van der Waals surface area contributed by atoms with Crippen LogP contribution in [-0.4, -0.2) is 47.8 Å². The summed E-state index contributed by atoms with van der Waals surface area (Å²) in [5.41, 5.74) is -0.524. The SMILES string of the molecule is CN1CCC([C@@H](O)C(=O)OC(C)(C)C)CC1. The number of aliphatic hydroxyl groups is 1. The molecule has 0 aromatic heterocycles. The van der Waals surface area contributed by atoms with E-state index in [1.807, 2.05) is 20.8 Å². The van der Waals surface area contributed by atoms with E-state index in [-0.39, 0.29) is 5.92 Å². The smallest absolute Gasteiger partial charge is 0.335 e. The highest BCUT2D eigenvalue weighted by Crippen LogP contribution is 2.22. The van der Waals surface area contributed by atoms with E-state index in [1.54, 1.807) is 0 Å². The van der Waals surface area contributed by atoms with Gasteiger partial charge in [-0.3, -0.25) is 0 Å². The van der Waals surface area contributed by atoms with Crippen molar-refractivity contribution in [3.05, 3.63) is 0 Å². The molecule has 0 unspecified atom stereocenters. The lowest BCUT2D eigenvalue weighted by Crippen LogP contribution is -2.41. The normalized spacial score (nSPS) is 21.8. The van der Waals surface area contributed by atoms with Gasteiger partial charge in [-0.15, -0.1) is 0 Å². The summed E-state index contributed by atoms with van der Waals surface area (Å²) in [7, 11) is 2.05. The van der Waals surface area contributed by atoms with Gasteiger partial charge < -0.3 is 14.7 Å². The fourth-order valence-electron chi connectivity index (χ4n) is 1.90. The lowest BCUT2D eigenvalue weighted by Gasteiger charge is -2.32. The largest absolute Gasteiger partial charge is 0.458 e. The molecule has 0 saturated carbocycles. The van der Waals surface area contributed by atoms with Crippen molar-refractivity contribution in [1.82, 2.24) is 4.90 Å². The molecule has 1 aliphatic heterocycles. The molecule has 94 valence electrons. The molecule has 1 atom stereocenters. The molecule has 0 aliphatic carbocycles. The van der Waals surface area contributed by atoms with Gasteiger partial charge >= 0.3 is 5.97 Å². The van der Waals surface area contributed by atoms with Crippen molar-refractivity contribution in [3.63, 3.8) is 0 Å². The van der Waals surface area contributed by atoms with Crippen molar-refractivity contribution in [3.8, 4) is 0 Å². The van der Waals surface area contributed by atoms with Crippen LogP contribution >= 0.6 is 0 Å². The maximum Gasteiger partial charge on any atom is 0.335 e. The molecule has 1 heterocycles.